The molecule has 1 aromatic heterocycles. The third-order valence-electron chi connectivity index (χ3n) is 1.95. The molecule has 68 valence electrons. The third kappa shape index (κ3) is 1.52. The average molecular weight is 220 g/mol. The van der Waals surface area contributed by atoms with Crippen LogP contribution in [-0.4, -0.2) is 0 Å². The zero-order valence-electron chi connectivity index (χ0n) is 7.20. The Balaban J connectivity index is 2.62. The third-order valence-corrected chi connectivity index (χ3v) is 3.02. The summed E-state index contributed by atoms with van der Waals surface area (Å²) in [5.74, 6) is 0. The Bertz CT molecular complexity index is 496. The summed E-state index contributed by atoms with van der Waals surface area (Å²) in [5.41, 5.74) is 2.53. The average Bonchev–Trinajstić information content (AvgIpc) is 2.66. The van der Waals surface area contributed by atoms with Crippen LogP contribution in [0.2, 0.25) is 5.02 Å². The number of hydrogen-bond acceptors (Lipinski definition) is 2. The number of hydrogen-bond donors (Lipinski definition) is 0. The Hall–Kier alpha value is -1.30. The minimum Gasteiger partial charge on any atom is -0.192 e. The van der Waals surface area contributed by atoms with Gasteiger partial charge in [-0.1, -0.05) is 29.8 Å². The molecule has 0 N–H and O–H groups in total. The Morgan fingerprint density at radius 1 is 1.14 bits per heavy atom. The van der Waals surface area contributed by atoms with E-state index in [0.717, 1.165) is 11.1 Å². The lowest BCUT2D eigenvalue weighted by molar-refractivity contribution is 1.50. The molecular weight excluding hydrogens is 214 g/mol. The second kappa shape index (κ2) is 3.83. The first-order valence-corrected chi connectivity index (χ1v) is 5.36. The summed E-state index contributed by atoms with van der Waals surface area (Å²) in [4.78, 5) is 0. The smallest absolute Gasteiger partial charge is 0.101 e. The number of thiophene rings is 1. The summed E-state index contributed by atoms with van der Waals surface area (Å²) in [6, 6.07) is 9.70. The summed E-state index contributed by atoms with van der Waals surface area (Å²) < 4.78 is 0. The van der Waals surface area contributed by atoms with Crippen LogP contribution in [0.1, 0.15) is 5.56 Å². The SMILES string of the molecule is N#Cc1cscc1-c1ccccc1Cl. The van der Waals surface area contributed by atoms with Gasteiger partial charge in [-0.15, -0.1) is 0 Å². The van der Waals surface area contributed by atoms with E-state index in [4.69, 9.17) is 16.9 Å². The normalized spacial score (nSPS) is 9.71. The van der Waals surface area contributed by atoms with Crippen molar-refractivity contribution in [2.75, 3.05) is 0 Å². The molecule has 0 spiro atoms. The van der Waals surface area contributed by atoms with E-state index in [1.807, 2.05) is 35.0 Å². The minimum atomic E-state index is 0.683. The molecule has 0 aliphatic carbocycles. The Morgan fingerprint density at radius 3 is 2.64 bits per heavy atom. The van der Waals surface area contributed by atoms with Crippen molar-refractivity contribution in [3.05, 3.63) is 45.6 Å². The monoisotopic (exact) mass is 219 g/mol. The Morgan fingerprint density at radius 2 is 1.93 bits per heavy atom. The second-order valence-corrected chi connectivity index (χ2v) is 3.94. The molecule has 0 bridgehead atoms. The van der Waals surface area contributed by atoms with Crippen LogP contribution in [-0.2, 0) is 0 Å². The minimum absolute atomic E-state index is 0.683. The fourth-order valence-electron chi connectivity index (χ4n) is 1.27. The molecule has 2 aromatic rings. The van der Waals surface area contributed by atoms with Gasteiger partial charge in [0.25, 0.3) is 0 Å². The van der Waals surface area contributed by atoms with E-state index in [9.17, 15) is 0 Å². The van der Waals surface area contributed by atoms with Crippen molar-refractivity contribution in [2.45, 2.75) is 0 Å². The number of nitriles is 1. The fraction of sp³-hybridized carbons (Fsp3) is 0. The molecule has 1 aromatic carbocycles. The van der Waals surface area contributed by atoms with Gasteiger partial charge in [0.2, 0.25) is 0 Å². The molecule has 0 radical (unpaired) electrons. The lowest BCUT2D eigenvalue weighted by Crippen LogP contribution is -1.79. The van der Waals surface area contributed by atoms with Crippen LogP contribution >= 0.6 is 22.9 Å². The highest BCUT2D eigenvalue weighted by molar-refractivity contribution is 7.08. The zero-order chi connectivity index (χ0) is 9.97. The van der Waals surface area contributed by atoms with Gasteiger partial charge in [-0.05, 0) is 11.4 Å². The van der Waals surface area contributed by atoms with Gasteiger partial charge < -0.3 is 0 Å². The van der Waals surface area contributed by atoms with Crippen molar-refractivity contribution >= 4 is 22.9 Å². The number of halogens is 1. The molecule has 0 aliphatic heterocycles. The molecule has 0 saturated heterocycles. The maximum Gasteiger partial charge on any atom is 0.101 e. The van der Waals surface area contributed by atoms with Gasteiger partial charge in [0.05, 0.1) is 5.56 Å². The fourth-order valence-corrected chi connectivity index (χ4v) is 2.28. The maximum atomic E-state index is 8.87. The van der Waals surface area contributed by atoms with Crippen molar-refractivity contribution in [2.24, 2.45) is 0 Å². The van der Waals surface area contributed by atoms with Crippen LogP contribution in [0.4, 0.5) is 0 Å². The summed E-state index contributed by atoms with van der Waals surface area (Å²) in [6.45, 7) is 0. The van der Waals surface area contributed by atoms with E-state index in [1.165, 1.54) is 11.3 Å². The highest BCUT2D eigenvalue weighted by Gasteiger charge is 2.08. The van der Waals surface area contributed by atoms with Crippen LogP contribution < -0.4 is 0 Å². The van der Waals surface area contributed by atoms with Crippen LogP contribution in [0.5, 0.6) is 0 Å². The topological polar surface area (TPSA) is 23.8 Å². The largest absolute Gasteiger partial charge is 0.192 e. The summed E-state index contributed by atoms with van der Waals surface area (Å²) >= 11 is 7.55. The number of rotatable bonds is 1. The van der Waals surface area contributed by atoms with Gasteiger partial charge in [0, 0.05) is 21.5 Å². The van der Waals surface area contributed by atoms with Crippen molar-refractivity contribution in [1.29, 1.82) is 5.26 Å². The van der Waals surface area contributed by atoms with Gasteiger partial charge in [0.15, 0.2) is 0 Å². The first-order chi connectivity index (χ1) is 6.83. The molecule has 2 rings (SSSR count). The molecule has 0 fully saturated rings. The van der Waals surface area contributed by atoms with E-state index in [1.54, 1.807) is 0 Å². The molecule has 1 nitrogen and oxygen atoms in total. The standard InChI is InChI=1S/C11H6ClNS/c12-11-4-2-1-3-9(11)10-7-14-6-8(10)5-13/h1-4,6-7H. The van der Waals surface area contributed by atoms with Crippen molar-refractivity contribution in [1.82, 2.24) is 0 Å². The number of nitrogens with zero attached hydrogens (tertiary/aromatic N) is 1. The van der Waals surface area contributed by atoms with E-state index < -0.39 is 0 Å². The van der Waals surface area contributed by atoms with Crippen molar-refractivity contribution in [3.63, 3.8) is 0 Å². The Labute approximate surface area is 91.2 Å². The van der Waals surface area contributed by atoms with Gasteiger partial charge in [-0.25, -0.2) is 0 Å². The van der Waals surface area contributed by atoms with Crippen LogP contribution in [0.3, 0.4) is 0 Å². The molecule has 3 heteroatoms. The van der Waals surface area contributed by atoms with Crippen LogP contribution in [0.15, 0.2) is 35.0 Å². The first-order valence-electron chi connectivity index (χ1n) is 4.04. The summed E-state index contributed by atoms with van der Waals surface area (Å²) in [7, 11) is 0. The van der Waals surface area contributed by atoms with Gasteiger partial charge in [0.1, 0.15) is 6.07 Å². The molecule has 1 heterocycles. The molecule has 0 amide bonds. The summed E-state index contributed by atoms with van der Waals surface area (Å²) in [5, 5.41) is 13.3. The van der Waals surface area contributed by atoms with E-state index in [-0.39, 0.29) is 0 Å². The predicted molar refractivity (Wildman–Crippen MR) is 59.5 cm³/mol. The molecule has 14 heavy (non-hydrogen) atoms. The van der Waals surface area contributed by atoms with E-state index in [2.05, 4.69) is 6.07 Å². The molecule has 0 atom stereocenters. The van der Waals surface area contributed by atoms with Crippen LogP contribution in [0, 0.1) is 11.3 Å². The number of benzene rings is 1. The predicted octanol–water partition coefficient (Wildman–Crippen LogP) is 3.94. The molecule has 0 aliphatic rings. The molecule has 0 saturated carbocycles. The van der Waals surface area contributed by atoms with Gasteiger partial charge in [-0.3, -0.25) is 0 Å². The van der Waals surface area contributed by atoms with Gasteiger partial charge in [-0.2, -0.15) is 16.6 Å². The van der Waals surface area contributed by atoms with Gasteiger partial charge >= 0.3 is 0 Å². The highest BCUT2D eigenvalue weighted by atomic mass is 35.5. The van der Waals surface area contributed by atoms with Crippen molar-refractivity contribution in [3.8, 4) is 17.2 Å². The Kier molecular flexibility index (Phi) is 2.53. The first kappa shape index (κ1) is 9.26. The second-order valence-electron chi connectivity index (χ2n) is 2.79. The lowest BCUT2D eigenvalue weighted by atomic mass is 10.1. The zero-order valence-corrected chi connectivity index (χ0v) is 8.77. The quantitative estimate of drug-likeness (QED) is 0.713. The lowest BCUT2D eigenvalue weighted by Gasteiger charge is -2.00. The van der Waals surface area contributed by atoms with Crippen molar-refractivity contribution < 1.29 is 0 Å². The van der Waals surface area contributed by atoms with E-state index >= 15 is 0 Å². The highest BCUT2D eigenvalue weighted by Crippen LogP contribution is 2.32. The maximum absolute atomic E-state index is 8.87. The molecule has 0 unspecified atom stereocenters. The van der Waals surface area contributed by atoms with Crippen LogP contribution in [0.25, 0.3) is 11.1 Å². The van der Waals surface area contributed by atoms with E-state index in [0.29, 0.717) is 10.6 Å². The molecular formula is C11H6ClNS. The summed E-state index contributed by atoms with van der Waals surface area (Å²) in [6.07, 6.45) is 0.